The van der Waals surface area contributed by atoms with Gasteiger partial charge >= 0.3 is 0 Å². The Kier molecular flexibility index (Phi) is 6.45. The summed E-state index contributed by atoms with van der Waals surface area (Å²) in [6, 6.07) is 0. The average molecular weight is 341 g/mol. The molecule has 0 spiro atoms. The van der Waals surface area contributed by atoms with E-state index in [1.165, 1.54) is 5.01 Å². The van der Waals surface area contributed by atoms with Gasteiger partial charge in [0.15, 0.2) is 0 Å². The highest BCUT2D eigenvalue weighted by molar-refractivity contribution is 9.11. The molecule has 2 aromatic rings. The molecule has 0 fully saturated rings. The molecule has 3 nitrogen and oxygen atoms in total. The molecule has 1 N–H and O–H groups in total. The summed E-state index contributed by atoms with van der Waals surface area (Å²) in [7, 11) is 0. The zero-order chi connectivity index (χ0) is 10.5. The Morgan fingerprint density at radius 2 is 2.19 bits per heavy atom. The fourth-order valence-corrected chi connectivity index (χ4v) is 3.03. The Balaban J connectivity index is 0.00000128. The van der Waals surface area contributed by atoms with Crippen molar-refractivity contribution in [3.63, 3.8) is 0 Å². The van der Waals surface area contributed by atoms with Crippen LogP contribution in [0.15, 0.2) is 21.6 Å². The second-order valence-corrected chi connectivity index (χ2v) is 6.38. The van der Waals surface area contributed by atoms with Crippen molar-refractivity contribution in [1.29, 1.82) is 0 Å². The Morgan fingerprint density at radius 3 is 2.81 bits per heavy atom. The normalized spacial score (nSPS) is 10.1. The number of hydrogen-bond acceptors (Lipinski definition) is 5. The van der Waals surface area contributed by atoms with Gasteiger partial charge in [-0.15, -0.1) is 35.1 Å². The Bertz CT molecular complexity index is 405. The van der Waals surface area contributed by atoms with Gasteiger partial charge in [-0.25, -0.2) is 9.97 Å². The molecule has 2 heterocycles. The third-order valence-corrected chi connectivity index (χ3v) is 4.12. The van der Waals surface area contributed by atoms with E-state index in [4.69, 9.17) is 0 Å². The average Bonchev–Trinajstić information content (AvgIpc) is 2.84. The lowest BCUT2D eigenvalue weighted by molar-refractivity contribution is 0.682. The van der Waals surface area contributed by atoms with E-state index in [0.717, 1.165) is 28.3 Å². The SMILES string of the molecule is Brc1cnc(CNCCc2nccs2)s1.Cl. The van der Waals surface area contributed by atoms with Gasteiger partial charge in [0.05, 0.1) is 15.0 Å². The highest BCUT2D eigenvalue weighted by atomic mass is 79.9. The summed E-state index contributed by atoms with van der Waals surface area (Å²) in [5.74, 6) is 0. The second kappa shape index (κ2) is 7.34. The summed E-state index contributed by atoms with van der Waals surface area (Å²) in [6.45, 7) is 1.78. The van der Waals surface area contributed by atoms with E-state index in [1.807, 2.05) is 17.8 Å². The predicted octanol–water partition coefficient (Wildman–Crippen LogP) is 3.12. The van der Waals surface area contributed by atoms with E-state index in [-0.39, 0.29) is 12.4 Å². The van der Waals surface area contributed by atoms with Gasteiger partial charge in [-0.1, -0.05) is 0 Å². The smallest absolute Gasteiger partial charge is 0.107 e. The third-order valence-electron chi connectivity index (χ3n) is 1.80. The molecule has 0 bridgehead atoms. The minimum absolute atomic E-state index is 0. The lowest BCUT2D eigenvalue weighted by Crippen LogP contribution is -2.16. The molecule has 0 saturated carbocycles. The minimum Gasteiger partial charge on any atom is -0.310 e. The lowest BCUT2D eigenvalue weighted by atomic mass is 10.4. The maximum Gasteiger partial charge on any atom is 0.107 e. The fraction of sp³-hybridized carbons (Fsp3) is 0.333. The first kappa shape index (κ1) is 14.1. The minimum atomic E-state index is 0. The molecule has 0 aliphatic carbocycles. The topological polar surface area (TPSA) is 37.8 Å². The van der Waals surface area contributed by atoms with Crippen molar-refractivity contribution in [2.45, 2.75) is 13.0 Å². The molecule has 2 rings (SSSR count). The number of hydrogen-bond donors (Lipinski definition) is 1. The molecule has 0 saturated heterocycles. The van der Waals surface area contributed by atoms with E-state index < -0.39 is 0 Å². The first-order valence-corrected chi connectivity index (χ1v) is 7.03. The summed E-state index contributed by atoms with van der Waals surface area (Å²) < 4.78 is 1.08. The van der Waals surface area contributed by atoms with Crippen LogP contribution in [-0.4, -0.2) is 16.5 Å². The first-order chi connectivity index (χ1) is 7.34. The van der Waals surface area contributed by atoms with Crippen molar-refractivity contribution in [3.05, 3.63) is 31.6 Å². The molecular weight excluding hydrogens is 330 g/mol. The number of thiazole rings is 2. The first-order valence-electron chi connectivity index (χ1n) is 4.54. The van der Waals surface area contributed by atoms with Gasteiger partial charge in [0.2, 0.25) is 0 Å². The summed E-state index contributed by atoms with van der Waals surface area (Å²) in [5.41, 5.74) is 0. The van der Waals surface area contributed by atoms with Gasteiger partial charge in [-0.05, 0) is 15.9 Å². The molecule has 2 aromatic heterocycles. The molecule has 7 heteroatoms. The monoisotopic (exact) mass is 339 g/mol. The summed E-state index contributed by atoms with van der Waals surface area (Å²) >= 11 is 6.76. The zero-order valence-electron chi connectivity index (χ0n) is 8.35. The van der Waals surface area contributed by atoms with Crippen molar-refractivity contribution < 1.29 is 0 Å². The maximum absolute atomic E-state index is 4.25. The van der Waals surface area contributed by atoms with E-state index in [0.29, 0.717) is 0 Å². The van der Waals surface area contributed by atoms with Crippen molar-refractivity contribution in [1.82, 2.24) is 15.3 Å². The standard InChI is InChI=1S/C9H10BrN3S2.ClH/c10-7-5-13-9(15-7)6-11-2-1-8-12-3-4-14-8;/h3-5,11H,1-2,6H2;1H. The van der Waals surface area contributed by atoms with E-state index in [1.54, 1.807) is 22.7 Å². The van der Waals surface area contributed by atoms with Crippen LogP contribution in [0.5, 0.6) is 0 Å². The van der Waals surface area contributed by atoms with Crippen LogP contribution in [0.4, 0.5) is 0 Å². The highest BCUT2D eigenvalue weighted by Gasteiger charge is 1.99. The van der Waals surface area contributed by atoms with Gasteiger partial charge < -0.3 is 5.32 Å². The van der Waals surface area contributed by atoms with Crippen molar-refractivity contribution >= 4 is 51.0 Å². The van der Waals surface area contributed by atoms with Crippen LogP contribution in [0.3, 0.4) is 0 Å². The molecular formula is C9H11BrClN3S2. The zero-order valence-corrected chi connectivity index (χ0v) is 12.4. The van der Waals surface area contributed by atoms with Gasteiger partial charge in [-0.3, -0.25) is 0 Å². The van der Waals surface area contributed by atoms with Crippen LogP contribution in [0.25, 0.3) is 0 Å². The molecule has 88 valence electrons. The number of halogens is 2. The van der Waals surface area contributed by atoms with Crippen LogP contribution < -0.4 is 5.32 Å². The summed E-state index contributed by atoms with van der Waals surface area (Å²) in [6.07, 6.45) is 4.67. The Hall–Kier alpha value is -0.0100. The number of nitrogens with one attached hydrogen (secondary N) is 1. The van der Waals surface area contributed by atoms with Crippen LogP contribution in [0.1, 0.15) is 10.0 Å². The molecule has 0 amide bonds. The predicted molar refractivity (Wildman–Crippen MR) is 74.6 cm³/mol. The molecule has 0 aliphatic rings. The molecule has 0 aromatic carbocycles. The molecule has 0 aliphatic heterocycles. The van der Waals surface area contributed by atoms with Crippen LogP contribution in [0.2, 0.25) is 0 Å². The van der Waals surface area contributed by atoms with Gasteiger partial charge in [-0.2, -0.15) is 0 Å². The third kappa shape index (κ3) is 4.47. The molecule has 0 atom stereocenters. The summed E-state index contributed by atoms with van der Waals surface area (Å²) in [5, 5.41) is 7.65. The second-order valence-electron chi connectivity index (χ2n) is 2.91. The molecule has 0 unspecified atom stereocenters. The lowest BCUT2D eigenvalue weighted by Gasteiger charge is -1.99. The van der Waals surface area contributed by atoms with E-state index in [2.05, 4.69) is 31.2 Å². The van der Waals surface area contributed by atoms with Gasteiger partial charge in [0.1, 0.15) is 5.01 Å². The number of aromatic nitrogens is 2. The van der Waals surface area contributed by atoms with E-state index in [9.17, 15) is 0 Å². The molecule has 16 heavy (non-hydrogen) atoms. The van der Waals surface area contributed by atoms with E-state index >= 15 is 0 Å². The maximum atomic E-state index is 4.25. The van der Waals surface area contributed by atoms with Gasteiger partial charge in [0, 0.05) is 31.1 Å². The fourth-order valence-electron chi connectivity index (χ4n) is 1.14. The van der Waals surface area contributed by atoms with Crippen LogP contribution in [0, 0.1) is 0 Å². The highest BCUT2D eigenvalue weighted by Crippen LogP contribution is 2.18. The van der Waals surface area contributed by atoms with Crippen molar-refractivity contribution in [2.75, 3.05) is 6.54 Å². The summed E-state index contributed by atoms with van der Waals surface area (Å²) in [4.78, 5) is 8.47. The van der Waals surface area contributed by atoms with Crippen molar-refractivity contribution in [2.24, 2.45) is 0 Å². The van der Waals surface area contributed by atoms with Crippen molar-refractivity contribution in [3.8, 4) is 0 Å². The molecule has 0 radical (unpaired) electrons. The van der Waals surface area contributed by atoms with Crippen LogP contribution >= 0.6 is 51.0 Å². The quantitative estimate of drug-likeness (QED) is 0.850. The Labute approximate surface area is 117 Å². The number of nitrogens with zero attached hydrogens (tertiary/aromatic N) is 2. The Morgan fingerprint density at radius 1 is 1.31 bits per heavy atom. The van der Waals surface area contributed by atoms with Crippen LogP contribution in [-0.2, 0) is 13.0 Å². The largest absolute Gasteiger partial charge is 0.310 e. The number of rotatable bonds is 5. The van der Waals surface area contributed by atoms with Gasteiger partial charge in [0.25, 0.3) is 0 Å².